The number of benzene rings is 1. The lowest BCUT2D eigenvalue weighted by Crippen LogP contribution is -2.41. The predicted octanol–water partition coefficient (Wildman–Crippen LogP) is 1.97. The normalized spacial score (nSPS) is 18.0. The van der Waals surface area contributed by atoms with Crippen LogP contribution in [0.25, 0.3) is 0 Å². The Balaban J connectivity index is 2.21. The van der Waals surface area contributed by atoms with Gasteiger partial charge in [0.1, 0.15) is 9.84 Å². The van der Waals surface area contributed by atoms with Crippen LogP contribution in [0.4, 0.5) is 11.4 Å². The van der Waals surface area contributed by atoms with Gasteiger partial charge in [-0.05, 0) is 37.5 Å². The van der Waals surface area contributed by atoms with Gasteiger partial charge in [0.2, 0.25) is 0 Å². The molecule has 1 aliphatic heterocycles. The van der Waals surface area contributed by atoms with Crippen LogP contribution in [0, 0.1) is 0 Å². The average Bonchev–Trinajstić information content (AvgIpc) is 2.64. The highest BCUT2D eigenvalue weighted by molar-refractivity contribution is 7.91. The monoisotopic (exact) mass is 398 g/mol. The van der Waals surface area contributed by atoms with Gasteiger partial charge in [0.25, 0.3) is 0 Å². The van der Waals surface area contributed by atoms with Crippen molar-refractivity contribution < 1.29 is 22.7 Å². The van der Waals surface area contributed by atoms with E-state index in [2.05, 4.69) is 4.90 Å². The molecule has 7 nitrogen and oxygen atoms in total. The largest absolute Gasteiger partial charge is 0.469 e. The van der Waals surface area contributed by atoms with Crippen molar-refractivity contribution in [3.63, 3.8) is 0 Å². The zero-order valence-corrected chi connectivity index (χ0v) is 17.1. The number of anilines is 2. The minimum absolute atomic E-state index is 0.131. The molecule has 2 N–H and O–H groups in total. The first-order valence-electron chi connectivity index (χ1n) is 9.23. The summed E-state index contributed by atoms with van der Waals surface area (Å²) in [6.45, 7) is 3.19. The average molecular weight is 399 g/mol. The highest BCUT2D eigenvalue weighted by Gasteiger charge is 2.28. The van der Waals surface area contributed by atoms with E-state index in [1.165, 1.54) is 7.11 Å². The highest BCUT2D eigenvalue weighted by atomic mass is 32.2. The summed E-state index contributed by atoms with van der Waals surface area (Å²) in [6, 6.07) is 5.96. The molecule has 0 radical (unpaired) electrons. The van der Waals surface area contributed by atoms with Crippen molar-refractivity contribution in [2.75, 3.05) is 49.5 Å². The molecule has 0 aliphatic carbocycles. The van der Waals surface area contributed by atoms with Crippen LogP contribution in [0.2, 0.25) is 0 Å². The lowest BCUT2D eigenvalue weighted by molar-refractivity contribution is -0.141. The van der Waals surface area contributed by atoms with E-state index in [0.717, 1.165) is 17.8 Å². The van der Waals surface area contributed by atoms with Crippen LogP contribution in [0.15, 0.2) is 18.2 Å². The molecular weight excluding hydrogens is 368 g/mol. The quantitative estimate of drug-likeness (QED) is 0.528. The van der Waals surface area contributed by atoms with Gasteiger partial charge in [-0.1, -0.05) is 6.07 Å². The van der Waals surface area contributed by atoms with Crippen LogP contribution in [0.3, 0.4) is 0 Å². The van der Waals surface area contributed by atoms with Gasteiger partial charge in [-0.25, -0.2) is 8.42 Å². The third kappa shape index (κ3) is 5.59. The number of ether oxygens (including phenoxy) is 2. The van der Waals surface area contributed by atoms with Crippen molar-refractivity contribution >= 4 is 27.2 Å². The van der Waals surface area contributed by atoms with E-state index < -0.39 is 9.84 Å². The van der Waals surface area contributed by atoms with Gasteiger partial charge >= 0.3 is 5.97 Å². The second-order valence-corrected chi connectivity index (χ2v) is 9.22. The Hall–Kier alpha value is -1.80. The maximum atomic E-state index is 11.7. The third-order valence-electron chi connectivity index (χ3n) is 5.15. The Morgan fingerprint density at radius 2 is 1.96 bits per heavy atom. The number of rotatable bonds is 8. The lowest BCUT2D eigenvalue weighted by Gasteiger charge is -2.36. The van der Waals surface area contributed by atoms with Crippen molar-refractivity contribution in [2.45, 2.75) is 38.1 Å². The van der Waals surface area contributed by atoms with Gasteiger partial charge in [-0.3, -0.25) is 4.79 Å². The van der Waals surface area contributed by atoms with Gasteiger partial charge in [-0.2, -0.15) is 0 Å². The van der Waals surface area contributed by atoms with Crippen LogP contribution >= 0.6 is 0 Å². The molecule has 1 aliphatic rings. The number of nitrogens with zero attached hydrogens (tertiary/aromatic N) is 1. The van der Waals surface area contributed by atoms with Gasteiger partial charge in [-0.15, -0.1) is 0 Å². The van der Waals surface area contributed by atoms with Crippen molar-refractivity contribution in [1.29, 1.82) is 0 Å². The molecule has 2 rings (SSSR count). The van der Waals surface area contributed by atoms with E-state index in [0.29, 0.717) is 25.1 Å². The molecule has 0 saturated carbocycles. The third-order valence-corrected chi connectivity index (χ3v) is 6.86. The predicted molar refractivity (Wildman–Crippen MR) is 107 cm³/mol. The number of carbonyl (C=O) groups excluding carboxylic acids is 1. The fourth-order valence-corrected chi connectivity index (χ4v) is 5.13. The Kier molecular flexibility index (Phi) is 7.49. The fourth-order valence-electron chi connectivity index (χ4n) is 3.66. The summed E-state index contributed by atoms with van der Waals surface area (Å²) in [4.78, 5) is 13.8. The Bertz CT molecular complexity index is 736. The smallest absolute Gasteiger partial charge is 0.306 e. The van der Waals surface area contributed by atoms with E-state index in [1.54, 1.807) is 7.11 Å². The van der Waals surface area contributed by atoms with Gasteiger partial charge in [0.05, 0.1) is 43.0 Å². The number of nitrogen functional groups attached to an aromatic ring is 1. The first-order chi connectivity index (χ1) is 12.8. The molecule has 1 heterocycles. The first kappa shape index (κ1) is 21.5. The fraction of sp³-hybridized carbons (Fsp3) is 0.632. The van der Waals surface area contributed by atoms with Gasteiger partial charge in [0.15, 0.2) is 0 Å². The SMILES string of the molecule is CCN(c1ccc(C(COC)CC(=O)OC)cc1N)C1CCS(=O)(=O)CC1. The highest BCUT2D eigenvalue weighted by Crippen LogP contribution is 2.32. The minimum Gasteiger partial charge on any atom is -0.469 e. The summed E-state index contributed by atoms with van der Waals surface area (Å²) in [5.41, 5.74) is 8.78. The molecular formula is C19H30N2O5S. The summed E-state index contributed by atoms with van der Waals surface area (Å²) in [6.07, 6.45) is 1.46. The molecule has 1 saturated heterocycles. The first-order valence-corrected chi connectivity index (χ1v) is 11.1. The molecule has 1 aromatic rings. The van der Waals surface area contributed by atoms with Gasteiger partial charge in [0, 0.05) is 25.6 Å². The second-order valence-electron chi connectivity index (χ2n) is 6.92. The standard InChI is InChI=1S/C19H30N2O5S/c1-4-21(16-7-9-27(23,24)10-8-16)18-6-5-14(11-17(18)20)15(13-25-2)12-19(22)26-3/h5-6,11,15-16H,4,7-10,12-13,20H2,1-3H3. The van der Waals surface area contributed by atoms with Crippen LogP contribution in [0.5, 0.6) is 0 Å². The van der Waals surface area contributed by atoms with E-state index in [-0.39, 0.29) is 35.9 Å². The molecule has 1 fully saturated rings. The van der Waals surface area contributed by atoms with E-state index >= 15 is 0 Å². The summed E-state index contributed by atoms with van der Waals surface area (Å²) in [5, 5.41) is 0. The Labute approximate surface area is 161 Å². The van der Waals surface area contributed by atoms with Crippen LogP contribution < -0.4 is 10.6 Å². The maximum absolute atomic E-state index is 11.7. The molecule has 1 atom stereocenters. The number of hydrogen-bond donors (Lipinski definition) is 1. The second kappa shape index (κ2) is 9.41. The van der Waals surface area contributed by atoms with Crippen LogP contribution in [-0.4, -0.2) is 59.3 Å². The van der Waals surface area contributed by atoms with E-state index in [9.17, 15) is 13.2 Å². The molecule has 0 bridgehead atoms. The van der Waals surface area contributed by atoms with Crippen LogP contribution in [0.1, 0.15) is 37.7 Å². The molecule has 8 heteroatoms. The number of sulfone groups is 1. The Morgan fingerprint density at radius 1 is 1.30 bits per heavy atom. The maximum Gasteiger partial charge on any atom is 0.306 e. The molecule has 27 heavy (non-hydrogen) atoms. The Morgan fingerprint density at radius 3 is 2.48 bits per heavy atom. The minimum atomic E-state index is -2.90. The molecule has 0 amide bonds. The molecule has 152 valence electrons. The zero-order valence-electron chi connectivity index (χ0n) is 16.3. The summed E-state index contributed by atoms with van der Waals surface area (Å²) >= 11 is 0. The topological polar surface area (TPSA) is 98.9 Å². The zero-order chi connectivity index (χ0) is 20.0. The van der Waals surface area contributed by atoms with Crippen molar-refractivity contribution in [3.8, 4) is 0 Å². The number of esters is 1. The van der Waals surface area contributed by atoms with Crippen molar-refractivity contribution in [2.24, 2.45) is 0 Å². The summed E-state index contributed by atoms with van der Waals surface area (Å²) < 4.78 is 33.4. The van der Waals surface area contributed by atoms with E-state index in [4.69, 9.17) is 15.2 Å². The molecule has 0 spiro atoms. The summed E-state index contributed by atoms with van der Waals surface area (Å²) in [5.74, 6) is 0.0227. The van der Waals surface area contributed by atoms with Crippen molar-refractivity contribution in [3.05, 3.63) is 23.8 Å². The van der Waals surface area contributed by atoms with Crippen molar-refractivity contribution in [1.82, 2.24) is 0 Å². The number of hydrogen-bond acceptors (Lipinski definition) is 7. The van der Waals surface area contributed by atoms with E-state index in [1.807, 2.05) is 25.1 Å². The number of methoxy groups -OCH3 is 2. The molecule has 0 aromatic heterocycles. The van der Waals surface area contributed by atoms with Crippen LogP contribution in [-0.2, 0) is 24.1 Å². The summed E-state index contributed by atoms with van der Waals surface area (Å²) in [7, 11) is 0.0597. The lowest BCUT2D eigenvalue weighted by atomic mass is 9.95. The number of carbonyl (C=O) groups is 1. The molecule has 1 aromatic carbocycles. The molecule has 1 unspecified atom stereocenters. The number of nitrogens with two attached hydrogens (primary N) is 1. The van der Waals surface area contributed by atoms with Gasteiger partial charge < -0.3 is 20.1 Å².